The Kier molecular flexibility index (Phi) is 5.27. The summed E-state index contributed by atoms with van der Waals surface area (Å²) in [6.45, 7) is 0.348. The van der Waals surface area contributed by atoms with Crippen molar-refractivity contribution in [3.05, 3.63) is 62.1 Å². The van der Waals surface area contributed by atoms with Crippen molar-refractivity contribution in [3.8, 4) is 0 Å². The Morgan fingerprint density at radius 3 is 2.48 bits per heavy atom. The second-order valence-corrected chi connectivity index (χ2v) is 8.61. The van der Waals surface area contributed by atoms with Gasteiger partial charge in [-0.15, -0.1) is 0 Å². The summed E-state index contributed by atoms with van der Waals surface area (Å²) in [6, 6.07) is 8.13. The highest BCUT2D eigenvalue weighted by molar-refractivity contribution is 7.93. The van der Waals surface area contributed by atoms with Gasteiger partial charge >= 0.3 is 0 Å². The molecule has 1 N–H and O–H groups in total. The molecule has 11 heteroatoms. The number of nitro benzene ring substituents is 1. The highest BCUT2D eigenvalue weighted by Crippen LogP contribution is 2.32. The van der Waals surface area contributed by atoms with Crippen LogP contribution in [0.1, 0.15) is 16.8 Å². The van der Waals surface area contributed by atoms with Gasteiger partial charge in [-0.3, -0.25) is 19.2 Å². The minimum Gasteiger partial charge on any atom is -0.321 e. The van der Waals surface area contributed by atoms with Gasteiger partial charge in [-0.05, 0) is 36.8 Å². The first-order valence-corrected chi connectivity index (χ1v) is 10.1. The molecule has 8 nitrogen and oxygen atoms in total. The van der Waals surface area contributed by atoms with Crippen molar-refractivity contribution in [3.63, 3.8) is 0 Å². The molecule has 2 aromatic rings. The Balaban J connectivity index is 1.89. The average molecular weight is 430 g/mol. The third-order valence-electron chi connectivity index (χ3n) is 3.99. The van der Waals surface area contributed by atoms with Crippen LogP contribution in [0.4, 0.5) is 17.1 Å². The molecular weight excluding hydrogens is 417 g/mol. The fraction of sp³-hybridized carbons (Fsp3) is 0.188. The first kappa shape index (κ1) is 19.4. The number of nitrogens with zero attached hydrogens (tertiary/aromatic N) is 2. The number of anilines is 2. The van der Waals surface area contributed by atoms with Gasteiger partial charge in [0.25, 0.3) is 11.6 Å². The highest BCUT2D eigenvalue weighted by atomic mass is 35.5. The van der Waals surface area contributed by atoms with E-state index < -0.39 is 26.5 Å². The fourth-order valence-electron chi connectivity index (χ4n) is 2.68. The van der Waals surface area contributed by atoms with Crippen molar-refractivity contribution in [1.82, 2.24) is 0 Å². The zero-order chi connectivity index (χ0) is 19.8. The first-order valence-electron chi connectivity index (χ1n) is 7.74. The standard InChI is InChI=1S/C16H13Cl2N3O5S/c17-12-5-3-11(20-6-1-7-27(20,25)26)9-14(12)19-16(22)10-2-4-13(18)15(8-10)21(23)24/h2-5,8-9H,1,6-7H2,(H,19,22). The van der Waals surface area contributed by atoms with Gasteiger partial charge in [0.1, 0.15) is 5.02 Å². The molecule has 1 amide bonds. The molecule has 0 spiro atoms. The Morgan fingerprint density at radius 2 is 1.85 bits per heavy atom. The third-order valence-corrected chi connectivity index (χ3v) is 6.51. The minimum absolute atomic E-state index is 0.0152. The summed E-state index contributed by atoms with van der Waals surface area (Å²) in [5.74, 6) is -0.579. The van der Waals surface area contributed by atoms with Crippen LogP contribution in [0.3, 0.4) is 0 Å². The molecule has 1 heterocycles. The molecule has 0 saturated carbocycles. The van der Waals surface area contributed by atoms with Crippen molar-refractivity contribution < 1.29 is 18.1 Å². The van der Waals surface area contributed by atoms with Crippen molar-refractivity contribution in [2.24, 2.45) is 0 Å². The van der Waals surface area contributed by atoms with E-state index >= 15 is 0 Å². The molecule has 0 unspecified atom stereocenters. The maximum Gasteiger partial charge on any atom is 0.288 e. The Labute approximate surface area is 164 Å². The van der Waals surface area contributed by atoms with Gasteiger partial charge in [0.05, 0.1) is 27.1 Å². The van der Waals surface area contributed by atoms with E-state index in [1.807, 2.05) is 0 Å². The molecule has 0 radical (unpaired) electrons. The number of carbonyl (C=O) groups excluding carboxylic acids is 1. The van der Waals surface area contributed by atoms with Gasteiger partial charge in [0.2, 0.25) is 10.0 Å². The van der Waals surface area contributed by atoms with Crippen LogP contribution < -0.4 is 9.62 Å². The van der Waals surface area contributed by atoms with Gasteiger partial charge in [-0.25, -0.2) is 8.42 Å². The lowest BCUT2D eigenvalue weighted by Crippen LogP contribution is -2.25. The summed E-state index contributed by atoms with van der Waals surface area (Å²) in [6.07, 6.45) is 0.515. The molecular formula is C16H13Cl2N3O5S. The van der Waals surface area contributed by atoms with Gasteiger partial charge in [0.15, 0.2) is 0 Å². The second-order valence-electron chi connectivity index (χ2n) is 5.78. The van der Waals surface area contributed by atoms with Crippen LogP contribution >= 0.6 is 23.2 Å². The van der Waals surface area contributed by atoms with Crippen molar-refractivity contribution >= 4 is 56.2 Å². The van der Waals surface area contributed by atoms with E-state index in [1.165, 1.54) is 28.6 Å². The number of hydrogen-bond donors (Lipinski definition) is 1. The van der Waals surface area contributed by atoms with Crippen molar-refractivity contribution in [2.45, 2.75) is 6.42 Å². The molecule has 1 saturated heterocycles. The normalized spacial score (nSPS) is 15.6. The van der Waals surface area contributed by atoms with Crippen molar-refractivity contribution in [2.75, 3.05) is 21.9 Å². The SMILES string of the molecule is O=C(Nc1cc(N2CCCS2(=O)=O)ccc1Cl)c1ccc(Cl)c([N+](=O)[O-])c1. The molecule has 1 aliphatic heterocycles. The molecule has 1 aliphatic rings. The monoisotopic (exact) mass is 429 g/mol. The molecule has 0 atom stereocenters. The van der Waals surface area contributed by atoms with Crippen LogP contribution in [0.15, 0.2) is 36.4 Å². The quantitative estimate of drug-likeness (QED) is 0.588. The van der Waals surface area contributed by atoms with Gasteiger partial charge in [0, 0.05) is 18.2 Å². The Hall–Kier alpha value is -2.36. The lowest BCUT2D eigenvalue weighted by Gasteiger charge is -2.18. The molecule has 3 rings (SSSR count). The molecule has 1 fully saturated rings. The number of carbonyl (C=O) groups is 1. The van der Waals surface area contributed by atoms with E-state index in [2.05, 4.69) is 5.32 Å². The highest BCUT2D eigenvalue weighted by Gasteiger charge is 2.29. The van der Waals surface area contributed by atoms with Crippen LogP contribution in [0.25, 0.3) is 0 Å². The number of rotatable bonds is 4. The number of benzene rings is 2. The Morgan fingerprint density at radius 1 is 1.15 bits per heavy atom. The first-order chi connectivity index (χ1) is 12.7. The van der Waals surface area contributed by atoms with E-state index in [0.29, 0.717) is 18.7 Å². The van der Waals surface area contributed by atoms with Crippen LogP contribution in [0.5, 0.6) is 0 Å². The van der Waals surface area contributed by atoms with Gasteiger partial charge < -0.3 is 5.32 Å². The van der Waals surface area contributed by atoms with Gasteiger partial charge in [-0.2, -0.15) is 0 Å². The molecule has 2 aromatic carbocycles. The summed E-state index contributed by atoms with van der Waals surface area (Å²) < 4.78 is 25.4. The van der Waals surface area contributed by atoms with Crippen LogP contribution in [0, 0.1) is 10.1 Å². The van der Waals surface area contributed by atoms with Gasteiger partial charge in [-0.1, -0.05) is 23.2 Å². The Bertz CT molecular complexity index is 1040. The number of halogens is 2. The van der Waals surface area contributed by atoms with E-state index in [1.54, 1.807) is 6.07 Å². The largest absolute Gasteiger partial charge is 0.321 e. The number of nitro groups is 1. The summed E-state index contributed by atoms with van der Waals surface area (Å²) in [4.78, 5) is 22.7. The zero-order valence-corrected chi connectivity index (χ0v) is 16.0. The fourth-order valence-corrected chi connectivity index (χ4v) is 4.59. The molecule has 27 heavy (non-hydrogen) atoms. The third kappa shape index (κ3) is 4.00. The van der Waals surface area contributed by atoms with E-state index in [4.69, 9.17) is 23.2 Å². The van der Waals surface area contributed by atoms with Crippen LogP contribution in [0.2, 0.25) is 10.0 Å². The summed E-state index contributed by atoms with van der Waals surface area (Å²) in [5.41, 5.74) is 0.196. The molecule has 0 aromatic heterocycles. The average Bonchev–Trinajstić information content (AvgIpc) is 2.96. The lowest BCUT2D eigenvalue weighted by atomic mass is 10.1. The molecule has 142 valence electrons. The minimum atomic E-state index is -3.38. The number of amides is 1. The van der Waals surface area contributed by atoms with E-state index in [-0.39, 0.29) is 27.0 Å². The number of nitrogens with one attached hydrogen (secondary N) is 1. The van der Waals surface area contributed by atoms with Crippen LogP contribution in [-0.2, 0) is 10.0 Å². The lowest BCUT2D eigenvalue weighted by molar-refractivity contribution is -0.384. The number of sulfonamides is 1. The molecule has 0 bridgehead atoms. The summed E-state index contributed by atoms with van der Waals surface area (Å²) in [7, 11) is -3.38. The zero-order valence-electron chi connectivity index (χ0n) is 13.7. The predicted octanol–water partition coefficient (Wildman–Crippen LogP) is 3.69. The van der Waals surface area contributed by atoms with E-state index in [9.17, 15) is 23.3 Å². The second kappa shape index (κ2) is 7.34. The summed E-state index contributed by atoms with van der Waals surface area (Å²) in [5, 5.41) is 13.6. The van der Waals surface area contributed by atoms with Crippen molar-refractivity contribution in [1.29, 1.82) is 0 Å². The predicted molar refractivity (Wildman–Crippen MR) is 103 cm³/mol. The maximum absolute atomic E-state index is 12.4. The smallest absolute Gasteiger partial charge is 0.288 e. The van der Waals surface area contributed by atoms with Crippen LogP contribution in [-0.4, -0.2) is 31.5 Å². The maximum atomic E-state index is 12.4. The summed E-state index contributed by atoms with van der Waals surface area (Å²) >= 11 is 11.8. The van der Waals surface area contributed by atoms with E-state index in [0.717, 1.165) is 6.07 Å². The topological polar surface area (TPSA) is 110 Å². The number of hydrogen-bond acceptors (Lipinski definition) is 5. The molecule has 0 aliphatic carbocycles.